The number of hydrogen-bond acceptors (Lipinski definition) is 5. The minimum absolute atomic E-state index is 0.172. The van der Waals surface area contributed by atoms with E-state index in [-0.39, 0.29) is 22.9 Å². The van der Waals surface area contributed by atoms with E-state index >= 15 is 0 Å². The van der Waals surface area contributed by atoms with Crippen LogP contribution in [-0.4, -0.2) is 33.9 Å². The lowest BCUT2D eigenvalue weighted by atomic mass is 10.2. The molecule has 4 rings (SSSR count). The van der Waals surface area contributed by atoms with Crippen LogP contribution in [0.25, 0.3) is 6.08 Å². The van der Waals surface area contributed by atoms with Gasteiger partial charge in [-0.15, -0.1) is 23.1 Å². The van der Waals surface area contributed by atoms with Crippen molar-refractivity contribution in [3.63, 3.8) is 0 Å². The topological polar surface area (TPSA) is 78.5 Å². The van der Waals surface area contributed by atoms with Gasteiger partial charge >= 0.3 is 0 Å². The van der Waals surface area contributed by atoms with E-state index < -0.39 is 5.91 Å². The Morgan fingerprint density at radius 3 is 2.44 bits per heavy atom. The maximum absolute atomic E-state index is 13.1. The lowest BCUT2D eigenvalue weighted by molar-refractivity contribution is -0.129. The van der Waals surface area contributed by atoms with Gasteiger partial charge < -0.3 is 5.32 Å². The Labute approximate surface area is 194 Å². The van der Waals surface area contributed by atoms with Gasteiger partial charge in [0, 0.05) is 5.56 Å². The van der Waals surface area contributed by atoms with Crippen molar-refractivity contribution in [1.82, 2.24) is 10.4 Å². The van der Waals surface area contributed by atoms with Gasteiger partial charge in [0.15, 0.2) is 0 Å². The summed E-state index contributed by atoms with van der Waals surface area (Å²) in [6.45, 7) is 1.80. The number of benzene rings is 2. The molecule has 1 unspecified atom stereocenters. The number of aryl methyl sites for hydroxylation is 1. The van der Waals surface area contributed by atoms with Crippen molar-refractivity contribution >= 4 is 51.9 Å². The van der Waals surface area contributed by atoms with Gasteiger partial charge in [-0.2, -0.15) is 0 Å². The number of hydrazine groups is 1. The highest BCUT2D eigenvalue weighted by Crippen LogP contribution is 2.30. The number of hydrogen-bond donors (Lipinski definition) is 2. The molecular formula is C24H21N3O3S2. The van der Waals surface area contributed by atoms with Crippen LogP contribution in [0, 0.1) is 6.92 Å². The maximum atomic E-state index is 13.1. The second-order valence-electron chi connectivity index (χ2n) is 7.12. The Kier molecular flexibility index (Phi) is 6.72. The molecule has 2 heterocycles. The predicted molar refractivity (Wildman–Crippen MR) is 129 cm³/mol. The van der Waals surface area contributed by atoms with Crippen molar-refractivity contribution in [1.29, 1.82) is 0 Å². The molecule has 1 aliphatic rings. The molecule has 0 saturated carbocycles. The molecule has 0 radical (unpaired) electrons. The van der Waals surface area contributed by atoms with Crippen LogP contribution in [-0.2, 0) is 4.79 Å². The number of nitrogens with zero attached hydrogens (tertiary/aromatic N) is 1. The Balaban J connectivity index is 1.49. The lowest BCUT2D eigenvalue weighted by Gasteiger charge is -2.22. The molecule has 1 atom stereocenters. The number of amides is 3. The van der Waals surface area contributed by atoms with Crippen molar-refractivity contribution < 1.29 is 14.4 Å². The molecule has 1 fully saturated rings. The summed E-state index contributed by atoms with van der Waals surface area (Å²) in [6, 6.07) is 18.6. The van der Waals surface area contributed by atoms with E-state index in [9.17, 15) is 14.4 Å². The number of rotatable bonds is 6. The monoisotopic (exact) mass is 463 g/mol. The van der Waals surface area contributed by atoms with Gasteiger partial charge in [-0.3, -0.25) is 19.8 Å². The largest absolute Gasteiger partial charge is 0.313 e. The molecule has 3 amide bonds. The van der Waals surface area contributed by atoms with E-state index in [0.29, 0.717) is 16.1 Å². The summed E-state index contributed by atoms with van der Waals surface area (Å²) in [5.41, 5.74) is 5.34. The molecule has 2 N–H and O–H groups in total. The Morgan fingerprint density at radius 2 is 1.72 bits per heavy atom. The van der Waals surface area contributed by atoms with E-state index in [1.54, 1.807) is 31.2 Å². The molecule has 8 heteroatoms. The molecule has 0 spiro atoms. The second-order valence-corrected chi connectivity index (χ2v) is 9.10. The Morgan fingerprint density at radius 1 is 1.03 bits per heavy atom. The summed E-state index contributed by atoms with van der Waals surface area (Å²) in [6.07, 6.45) is 3.82. The first-order chi connectivity index (χ1) is 15.5. The maximum Gasteiger partial charge on any atom is 0.273 e. The highest BCUT2D eigenvalue weighted by molar-refractivity contribution is 8.01. The molecule has 6 nitrogen and oxygen atoms in total. The predicted octanol–water partition coefficient (Wildman–Crippen LogP) is 4.57. The average molecular weight is 464 g/mol. The molecule has 162 valence electrons. The van der Waals surface area contributed by atoms with Gasteiger partial charge in [-0.1, -0.05) is 54.6 Å². The molecular weight excluding hydrogens is 442 g/mol. The first-order valence-corrected chi connectivity index (χ1v) is 11.9. The van der Waals surface area contributed by atoms with Crippen molar-refractivity contribution in [2.45, 2.75) is 12.3 Å². The quantitative estimate of drug-likeness (QED) is 0.561. The van der Waals surface area contributed by atoms with Gasteiger partial charge in [0.25, 0.3) is 17.7 Å². The zero-order valence-corrected chi connectivity index (χ0v) is 18.9. The molecule has 2 aromatic carbocycles. The van der Waals surface area contributed by atoms with Crippen LogP contribution in [0.4, 0.5) is 5.00 Å². The van der Waals surface area contributed by atoms with Crippen LogP contribution in [0.2, 0.25) is 0 Å². The summed E-state index contributed by atoms with van der Waals surface area (Å²) in [7, 11) is 0. The van der Waals surface area contributed by atoms with E-state index in [4.69, 9.17) is 0 Å². The molecule has 1 aromatic heterocycles. The zero-order valence-electron chi connectivity index (χ0n) is 17.3. The average Bonchev–Trinajstić information content (AvgIpc) is 3.35. The van der Waals surface area contributed by atoms with Crippen LogP contribution in [0.15, 0.2) is 72.1 Å². The van der Waals surface area contributed by atoms with Gasteiger partial charge in [-0.25, -0.2) is 5.01 Å². The van der Waals surface area contributed by atoms with Gasteiger partial charge in [0.2, 0.25) is 0 Å². The second kappa shape index (κ2) is 9.84. The van der Waals surface area contributed by atoms with E-state index in [2.05, 4.69) is 10.7 Å². The van der Waals surface area contributed by atoms with Crippen molar-refractivity contribution in [2.24, 2.45) is 0 Å². The smallest absolute Gasteiger partial charge is 0.273 e. The molecule has 1 aliphatic heterocycles. The van der Waals surface area contributed by atoms with Crippen molar-refractivity contribution in [2.75, 3.05) is 11.1 Å². The Hall–Kier alpha value is -3.36. The van der Waals surface area contributed by atoms with Gasteiger partial charge in [-0.05, 0) is 41.6 Å². The van der Waals surface area contributed by atoms with Crippen molar-refractivity contribution in [3.8, 4) is 0 Å². The molecule has 1 saturated heterocycles. The molecule has 32 heavy (non-hydrogen) atoms. The van der Waals surface area contributed by atoms with Crippen LogP contribution in [0.3, 0.4) is 0 Å². The summed E-state index contributed by atoms with van der Waals surface area (Å²) < 4.78 is 0. The zero-order chi connectivity index (χ0) is 22.5. The number of thiophene rings is 1. The lowest BCUT2D eigenvalue weighted by Crippen LogP contribution is -2.47. The van der Waals surface area contributed by atoms with E-state index in [0.717, 1.165) is 11.1 Å². The van der Waals surface area contributed by atoms with Crippen LogP contribution in [0.1, 0.15) is 31.8 Å². The highest BCUT2D eigenvalue weighted by atomic mass is 32.2. The number of carbonyl (C=O) groups excluding carboxylic acids is 3. The fourth-order valence-electron chi connectivity index (χ4n) is 3.22. The van der Waals surface area contributed by atoms with Crippen molar-refractivity contribution in [3.05, 3.63) is 94.4 Å². The summed E-state index contributed by atoms with van der Waals surface area (Å²) in [4.78, 5) is 38.1. The number of anilines is 1. The minimum Gasteiger partial charge on any atom is -0.313 e. The third-order valence-corrected chi connectivity index (χ3v) is 6.98. The van der Waals surface area contributed by atoms with E-state index in [1.165, 1.54) is 28.1 Å². The van der Waals surface area contributed by atoms with Gasteiger partial charge in [0.05, 0.1) is 11.3 Å². The number of thioether (sulfide) groups is 1. The molecule has 0 bridgehead atoms. The Bertz CT molecular complexity index is 1160. The van der Waals surface area contributed by atoms with Crippen LogP contribution in [0.5, 0.6) is 0 Å². The number of carbonyl (C=O) groups is 3. The van der Waals surface area contributed by atoms with E-state index in [1.807, 2.05) is 53.9 Å². The first-order valence-electron chi connectivity index (χ1n) is 9.95. The fourth-order valence-corrected chi connectivity index (χ4v) is 5.11. The highest BCUT2D eigenvalue weighted by Gasteiger charge is 2.32. The molecule has 3 aromatic rings. The normalized spacial score (nSPS) is 15.8. The molecule has 0 aliphatic carbocycles. The van der Waals surface area contributed by atoms with Gasteiger partial charge in [0.1, 0.15) is 10.4 Å². The minimum atomic E-state index is -0.430. The summed E-state index contributed by atoms with van der Waals surface area (Å²) in [5, 5.41) is 6.12. The number of nitrogens with one attached hydrogen (secondary N) is 2. The SMILES string of the molecule is Cc1csc(NC(=O)c2ccccc2)c1C(=O)NN1C(=O)CSC1/C=C/c1ccccc1. The standard InChI is InChI=1S/C24H21N3O3S2/c1-16-14-32-24(25-22(29)18-10-6-3-7-11-18)21(16)23(30)26-27-19(28)15-31-20(27)13-12-17-8-4-2-5-9-17/h2-14,20H,15H2,1H3,(H,25,29)(H,26,30)/b13-12+. The first kappa shape index (κ1) is 21.9. The van der Waals surface area contributed by atoms with Crippen LogP contribution >= 0.6 is 23.1 Å². The van der Waals surface area contributed by atoms with Crippen LogP contribution < -0.4 is 10.7 Å². The summed E-state index contributed by atoms with van der Waals surface area (Å²) >= 11 is 2.72. The summed E-state index contributed by atoms with van der Waals surface area (Å²) in [5.74, 6) is -0.613. The third-order valence-electron chi connectivity index (χ3n) is 4.84. The third kappa shape index (κ3) is 4.92. The fraction of sp³-hybridized carbons (Fsp3) is 0.125.